The molecular formula is C28H30N2O2S. The number of carbonyl (C=O) groups excluding carboxylic acids is 2. The quantitative estimate of drug-likeness (QED) is 0.484. The van der Waals surface area contributed by atoms with Gasteiger partial charge < -0.3 is 10.2 Å². The van der Waals surface area contributed by atoms with Gasteiger partial charge in [-0.15, -0.1) is 11.8 Å². The van der Waals surface area contributed by atoms with Crippen molar-refractivity contribution in [2.45, 2.75) is 45.2 Å². The van der Waals surface area contributed by atoms with E-state index in [1.54, 1.807) is 11.8 Å². The molecule has 1 saturated heterocycles. The van der Waals surface area contributed by atoms with Crippen LogP contribution in [0.4, 0.5) is 0 Å². The van der Waals surface area contributed by atoms with Gasteiger partial charge >= 0.3 is 0 Å². The molecule has 3 aromatic carbocycles. The summed E-state index contributed by atoms with van der Waals surface area (Å²) < 4.78 is 0. The fraction of sp³-hybridized carbons (Fsp3) is 0.286. The van der Waals surface area contributed by atoms with Crippen LogP contribution in [0.2, 0.25) is 0 Å². The molecule has 0 bridgehead atoms. The molecule has 3 aromatic rings. The number of nitrogens with zero attached hydrogens (tertiary/aromatic N) is 1. The van der Waals surface area contributed by atoms with Crippen LogP contribution in [-0.4, -0.2) is 22.5 Å². The Hall–Kier alpha value is -3.05. The van der Waals surface area contributed by atoms with Gasteiger partial charge in [-0.1, -0.05) is 74.5 Å². The average molecular weight is 459 g/mol. The summed E-state index contributed by atoms with van der Waals surface area (Å²) in [5.74, 6) is 0.551. The lowest BCUT2D eigenvalue weighted by atomic mass is 10.0. The minimum absolute atomic E-state index is 0.0290. The number of hydrogen-bond acceptors (Lipinski definition) is 3. The predicted molar refractivity (Wildman–Crippen MR) is 135 cm³/mol. The lowest BCUT2D eigenvalue weighted by Crippen LogP contribution is -2.27. The molecule has 5 heteroatoms. The molecule has 4 rings (SSSR count). The number of thioether (sulfide) groups is 1. The van der Waals surface area contributed by atoms with Gasteiger partial charge in [0.25, 0.3) is 5.91 Å². The molecule has 0 radical (unpaired) electrons. The predicted octanol–water partition coefficient (Wildman–Crippen LogP) is 5.52. The highest BCUT2D eigenvalue weighted by Crippen LogP contribution is 2.39. The zero-order chi connectivity index (χ0) is 23.2. The maximum absolute atomic E-state index is 12.8. The largest absolute Gasteiger partial charge is 0.348 e. The molecule has 1 heterocycles. The number of rotatable bonds is 8. The Labute approximate surface area is 200 Å². The summed E-state index contributed by atoms with van der Waals surface area (Å²) in [5.41, 5.74) is 6.52. The highest BCUT2D eigenvalue weighted by atomic mass is 32.2. The van der Waals surface area contributed by atoms with Crippen LogP contribution < -0.4 is 5.32 Å². The zero-order valence-corrected chi connectivity index (χ0v) is 20.0. The molecule has 1 atom stereocenters. The van der Waals surface area contributed by atoms with Gasteiger partial charge in [-0.25, -0.2) is 0 Å². The maximum atomic E-state index is 12.8. The van der Waals surface area contributed by atoms with Gasteiger partial charge in [-0.05, 0) is 52.8 Å². The van der Waals surface area contributed by atoms with Crippen LogP contribution in [0.25, 0.3) is 0 Å². The number of benzene rings is 3. The van der Waals surface area contributed by atoms with Crippen molar-refractivity contribution in [1.29, 1.82) is 0 Å². The SMILES string of the molecule is CCc1ccc(CC)c(CNC(=O)c2ccc([C@H]3SCC(=O)N3Cc3ccccc3)cc2)c1. The van der Waals surface area contributed by atoms with Crippen LogP contribution in [-0.2, 0) is 30.7 Å². The van der Waals surface area contributed by atoms with E-state index in [1.165, 1.54) is 16.7 Å². The molecule has 170 valence electrons. The van der Waals surface area contributed by atoms with E-state index in [0.717, 1.165) is 24.0 Å². The minimum Gasteiger partial charge on any atom is -0.348 e. The van der Waals surface area contributed by atoms with E-state index in [-0.39, 0.29) is 17.2 Å². The minimum atomic E-state index is -0.0817. The van der Waals surface area contributed by atoms with Crippen LogP contribution in [0, 0.1) is 0 Å². The standard InChI is InChI=1S/C28H30N2O2S/c1-3-20-10-11-22(4-2)25(16-20)17-29-27(32)23-12-14-24(15-13-23)28-30(26(31)19-33-28)18-21-8-6-5-7-9-21/h5-16,28H,3-4,17-19H2,1-2H3,(H,29,32)/t28-/m1/s1. The molecule has 0 spiro atoms. The molecule has 1 fully saturated rings. The third-order valence-corrected chi connectivity index (χ3v) is 7.38. The summed E-state index contributed by atoms with van der Waals surface area (Å²) in [6, 6.07) is 24.2. The lowest BCUT2D eigenvalue weighted by molar-refractivity contribution is -0.128. The van der Waals surface area contributed by atoms with E-state index in [9.17, 15) is 9.59 Å². The number of aryl methyl sites for hydroxylation is 2. The molecule has 33 heavy (non-hydrogen) atoms. The monoisotopic (exact) mass is 458 g/mol. The molecule has 1 aliphatic heterocycles. The Morgan fingerprint density at radius 2 is 1.70 bits per heavy atom. The average Bonchev–Trinajstić information content (AvgIpc) is 3.22. The molecule has 0 aromatic heterocycles. The molecular weight excluding hydrogens is 428 g/mol. The first-order chi connectivity index (χ1) is 16.1. The smallest absolute Gasteiger partial charge is 0.251 e. The Morgan fingerprint density at radius 3 is 2.39 bits per heavy atom. The first-order valence-corrected chi connectivity index (χ1v) is 12.6. The zero-order valence-electron chi connectivity index (χ0n) is 19.2. The van der Waals surface area contributed by atoms with Gasteiger partial charge in [0.05, 0.1) is 5.75 Å². The second-order valence-corrected chi connectivity index (χ2v) is 9.35. The van der Waals surface area contributed by atoms with Crippen LogP contribution in [0.3, 0.4) is 0 Å². The second kappa shape index (κ2) is 10.7. The van der Waals surface area contributed by atoms with Crippen molar-refractivity contribution < 1.29 is 9.59 Å². The van der Waals surface area contributed by atoms with Crippen molar-refractivity contribution in [1.82, 2.24) is 10.2 Å². The highest BCUT2D eigenvalue weighted by Gasteiger charge is 2.32. The van der Waals surface area contributed by atoms with Crippen LogP contribution in [0.5, 0.6) is 0 Å². The van der Waals surface area contributed by atoms with E-state index in [2.05, 4.69) is 37.4 Å². The van der Waals surface area contributed by atoms with Crippen LogP contribution in [0.1, 0.15) is 57.4 Å². The van der Waals surface area contributed by atoms with Crippen molar-refractivity contribution >= 4 is 23.6 Å². The summed E-state index contributed by atoms with van der Waals surface area (Å²) in [6.07, 6.45) is 1.93. The number of carbonyl (C=O) groups is 2. The Bertz CT molecular complexity index is 1110. The van der Waals surface area contributed by atoms with Crippen molar-refractivity contribution in [3.63, 3.8) is 0 Å². The van der Waals surface area contributed by atoms with Crippen molar-refractivity contribution in [2.75, 3.05) is 5.75 Å². The normalized spacial score (nSPS) is 15.6. The van der Waals surface area contributed by atoms with E-state index < -0.39 is 0 Å². The van der Waals surface area contributed by atoms with Crippen LogP contribution >= 0.6 is 11.8 Å². The van der Waals surface area contributed by atoms with Gasteiger partial charge in [-0.2, -0.15) is 0 Å². The van der Waals surface area contributed by atoms with E-state index in [0.29, 0.717) is 24.4 Å². The van der Waals surface area contributed by atoms with Gasteiger partial charge in [0.2, 0.25) is 5.91 Å². The number of nitrogens with one attached hydrogen (secondary N) is 1. The fourth-order valence-corrected chi connectivity index (χ4v) is 5.35. The lowest BCUT2D eigenvalue weighted by Gasteiger charge is -2.24. The second-order valence-electron chi connectivity index (χ2n) is 8.29. The van der Waals surface area contributed by atoms with Gasteiger partial charge in [-0.3, -0.25) is 9.59 Å². The molecule has 2 amide bonds. The van der Waals surface area contributed by atoms with Crippen LogP contribution in [0.15, 0.2) is 72.8 Å². The topological polar surface area (TPSA) is 49.4 Å². The summed E-state index contributed by atoms with van der Waals surface area (Å²) in [7, 11) is 0. The first-order valence-electron chi connectivity index (χ1n) is 11.5. The van der Waals surface area contributed by atoms with E-state index in [4.69, 9.17) is 0 Å². The van der Waals surface area contributed by atoms with Gasteiger partial charge in [0.1, 0.15) is 5.37 Å². The van der Waals surface area contributed by atoms with Crippen molar-refractivity contribution in [3.8, 4) is 0 Å². The van der Waals surface area contributed by atoms with Gasteiger partial charge in [0.15, 0.2) is 0 Å². The summed E-state index contributed by atoms with van der Waals surface area (Å²) >= 11 is 1.64. The summed E-state index contributed by atoms with van der Waals surface area (Å²) in [5, 5.41) is 3.04. The Morgan fingerprint density at radius 1 is 0.939 bits per heavy atom. The van der Waals surface area contributed by atoms with Gasteiger partial charge in [0, 0.05) is 18.7 Å². The van der Waals surface area contributed by atoms with Crippen molar-refractivity contribution in [2.24, 2.45) is 0 Å². The summed E-state index contributed by atoms with van der Waals surface area (Å²) in [4.78, 5) is 27.2. The molecule has 0 saturated carbocycles. The molecule has 0 aliphatic carbocycles. The molecule has 1 N–H and O–H groups in total. The van der Waals surface area contributed by atoms with E-state index >= 15 is 0 Å². The third kappa shape index (κ3) is 5.48. The fourth-order valence-electron chi connectivity index (χ4n) is 4.17. The number of amides is 2. The first kappa shape index (κ1) is 23.1. The Kier molecular flexibility index (Phi) is 7.50. The molecule has 1 aliphatic rings. The molecule has 0 unspecified atom stereocenters. The third-order valence-electron chi connectivity index (χ3n) is 6.12. The number of hydrogen-bond donors (Lipinski definition) is 1. The summed E-state index contributed by atoms with van der Waals surface area (Å²) in [6.45, 7) is 5.39. The Balaban J connectivity index is 1.42. The van der Waals surface area contributed by atoms with Crippen molar-refractivity contribution in [3.05, 3.63) is 106 Å². The molecule has 4 nitrogen and oxygen atoms in total. The highest BCUT2D eigenvalue weighted by molar-refractivity contribution is 8.00. The van der Waals surface area contributed by atoms with E-state index in [1.807, 2.05) is 59.5 Å². The maximum Gasteiger partial charge on any atom is 0.251 e.